The third-order valence-electron chi connectivity index (χ3n) is 2.14. The standard InChI is InChI=1S/C10H18N2O3S/c1-3-4-7-16(13,14)11-6-5-10-8-9(2)12-15-10/h8,11H,3-7H2,1-2H3. The van der Waals surface area contributed by atoms with E-state index in [0.717, 1.165) is 12.1 Å². The average molecular weight is 246 g/mol. The molecule has 0 fully saturated rings. The summed E-state index contributed by atoms with van der Waals surface area (Å²) in [7, 11) is -3.12. The van der Waals surface area contributed by atoms with Crippen molar-refractivity contribution in [2.24, 2.45) is 0 Å². The van der Waals surface area contributed by atoms with Crippen molar-refractivity contribution in [1.82, 2.24) is 9.88 Å². The second-order valence-corrected chi connectivity index (χ2v) is 5.68. The number of sulfonamides is 1. The minimum absolute atomic E-state index is 0.193. The van der Waals surface area contributed by atoms with E-state index in [1.165, 1.54) is 0 Å². The molecule has 92 valence electrons. The minimum Gasteiger partial charge on any atom is -0.361 e. The summed E-state index contributed by atoms with van der Waals surface area (Å²) >= 11 is 0. The molecule has 0 aliphatic carbocycles. The van der Waals surface area contributed by atoms with Gasteiger partial charge in [0.1, 0.15) is 5.76 Å². The molecule has 0 bridgehead atoms. The number of nitrogens with zero attached hydrogens (tertiary/aromatic N) is 1. The summed E-state index contributed by atoms with van der Waals surface area (Å²) in [5, 5.41) is 3.73. The molecule has 0 saturated carbocycles. The van der Waals surface area contributed by atoms with Crippen molar-refractivity contribution in [1.29, 1.82) is 0 Å². The van der Waals surface area contributed by atoms with Gasteiger partial charge in [-0.25, -0.2) is 13.1 Å². The fraction of sp³-hybridized carbons (Fsp3) is 0.700. The summed E-state index contributed by atoms with van der Waals surface area (Å²) in [5.74, 6) is 0.898. The fourth-order valence-electron chi connectivity index (χ4n) is 1.27. The van der Waals surface area contributed by atoms with Crippen LogP contribution in [0.1, 0.15) is 31.2 Å². The Labute approximate surface area is 96.3 Å². The highest BCUT2D eigenvalue weighted by molar-refractivity contribution is 7.89. The van der Waals surface area contributed by atoms with E-state index in [9.17, 15) is 8.42 Å². The van der Waals surface area contributed by atoms with Crippen LogP contribution in [0.4, 0.5) is 0 Å². The molecule has 1 aromatic heterocycles. The van der Waals surface area contributed by atoms with Gasteiger partial charge in [-0.3, -0.25) is 0 Å². The van der Waals surface area contributed by atoms with Gasteiger partial charge in [0.15, 0.2) is 0 Å². The van der Waals surface area contributed by atoms with E-state index in [1.54, 1.807) is 6.07 Å². The highest BCUT2D eigenvalue weighted by Gasteiger charge is 2.09. The SMILES string of the molecule is CCCCS(=O)(=O)NCCc1cc(C)no1. The Balaban J connectivity index is 2.29. The number of hydrogen-bond donors (Lipinski definition) is 1. The van der Waals surface area contributed by atoms with E-state index in [-0.39, 0.29) is 5.75 Å². The average Bonchev–Trinajstić information content (AvgIpc) is 2.61. The Bertz CT molecular complexity index is 411. The number of aromatic nitrogens is 1. The molecule has 0 aromatic carbocycles. The van der Waals surface area contributed by atoms with Crippen molar-refractivity contribution in [2.75, 3.05) is 12.3 Å². The first-order valence-corrected chi connectivity index (χ1v) is 7.08. The number of rotatable bonds is 7. The predicted molar refractivity (Wildman–Crippen MR) is 61.6 cm³/mol. The summed E-state index contributed by atoms with van der Waals surface area (Å²) in [6.45, 7) is 4.16. The molecule has 1 aromatic rings. The van der Waals surface area contributed by atoms with Crippen LogP contribution in [0.5, 0.6) is 0 Å². The first kappa shape index (κ1) is 13.2. The van der Waals surface area contributed by atoms with Crippen LogP contribution in [-0.2, 0) is 16.4 Å². The van der Waals surface area contributed by atoms with E-state index in [0.29, 0.717) is 25.1 Å². The molecule has 0 radical (unpaired) electrons. The van der Waals surface area contributed by atoms with E-state index in [1.807, 2.05) is 13.8 Å². The molecule has 5 nitrogen and oxygen atoms in total. The van der Waals surface area contributed by atoms with Gasteiger partial charge in [-0.05, 0) is 13.3 Å². The van der Waals surface area contributed by atoms with Crippen LogP contribution in [0.25, 0.3) is 0 Å². The maximum atomic E-state index is 11.4. The number of hydrogen-bond acceptors (Lipinski definition) is 4. The lowest BCUT2D eigenvalue weighted by molar-refractivity contribution is 0.379. The van der Waals surface area contributed by atoms with Gasteiger partial charge in [-0.2, -0.15) is 0 Å². The van der Waals surface area contributed by atoms with Crippen molar-refractivity contribution in [3.05, 3.63) is 17.5 Å². The Hall–Kier alpha value is -0.880. The normalized spacial score (nSPS) is 11.9. The smallest absolute Gasteiger partial charge is 0.211 e. The molecule has 0 atom stereocenters. The van der Waals surface area contributed by atoms with Gasteiger partial charge in [0, 0.05) is 19.0 Å². The van der Waals surface area contributed by atoms with Gasteiger partial charge in [0.25, 0.3) is 0 Å². The van der Waals surface area contributed by atoms with Gasteiger partial charge < -0.3 is 4.52 Å². The van der Waals surface area contributed by atoms with E-state index >= 15 is 0 Å². The summed E-state index contributed by atoms with van der Waals surface area (Å²) in [6, 6.07) is 1.81. The summed E-state index contributed by atoms with van der Waals surface area (Å²) in [4.78, 5) is 0. The Morgan fingerprint density at radius 3 is 2.81 bits per heavy atom. The van der Waals surface area contributed by atoms with E-state index < -0.39 is 10.0 Å². The molecular weight excluding hydrogens is 228 g/mol. The molecule has 6 heteroatoms. The molecule has 1 heterocycles. The summed E-state index contributed by atoms with van der Waals surface area (Å²) in [5.41, 5.74) is 0.809. The van der Waals surface area contributed by atoms with Crippen molar-refractivity contribution < 1.29 is 12.9 Å². The zero-order valence-electron chi connectivity index (χ0n) is 9.69. The summed E-state index contributed by atoms with van der Waals surface area (Å²) in [6.07, 6.45) is 2.10. The Kier molecular flexibility index (Phi) is 4.95. The lowest BCUT2D eigenvalue weighted by Gasteiger charge is -2.04. The quantitative estimate of drug-likeness (QED) is 0.785. The third-order valence-corrected chi connectivity index (χ3v) is 3.61. The van der Waals surface area contributed by atoms with Gasteiger partial charge in [-0.1, -0.05) is 18.5 Å². The maximum absolute atomic E-state index is 11.4. The Morgan fingerprint density at radius 2 is 2.25 bits per heavy atom. The Morgan fingerprint density at radius 1 is 1.50 bits per heavy atom. The molecule has 0 saturated heterocycles. The molecule has 0 aliphatic rings. The van der Waals surface area contributed by atoms with E-state index in [2.05, 4.69) is 9.88 Å². The molecule has 16 heavy (non-hydrogen) atoms. The lowest BCUT2D eigenvalue weighted by Crippen LogP contribution is -2.28. The van der Waals surface area contributed by atoms with Crippen LogP contribution in [0.3, 0.4) is 0 Å². The van der Waals surface area contributed by atoms with Crippen molar-refractivity contribution in [2.45, 2.75) is 33.1 Å². The zero-order valence-corrected chi connectivity index (χ0v) is 10.5. The molecule has 0 amide bonds. The van der Waals surface area contributed by atoms with Gasteiger partial charge in [0.2, 0.25) is 10.0 Å². The molecule has 0 unspecified atom stereocenters. The maximum Gasteiger partial charge on any atom is 0.211 e. The topological polar surface area (TPSA) is 72.2 Å². The van der Waals surface area contributed by atoms with Crippen molar-refractivity contribution in [3.63, 3.8) is 0 Å². The van der Waals surface area contributed by atoms with E-state index in [4.69, 9.17) is 4.52 Å². The molecule has 1 rings (SSSR count). The van der Waals surface area contributed by atoms with Crippen LogP contribution < -0.4 is 4.72 Å². The molecule has 1 N–H and O–H groups in total. The molecule has 0 aliphatic heterocycles. The van der Waals surface area contributed by atoms with Gasteiger partial charge in [0.05, 0.1) is 11.4 Å². The predicted octanol–water partition coefficient (Wildman–Crippen LogP) is 1.25. The third kappa shape index (κ3) is 4.76. The second kappa shape index (κ2) is 6.00. The van der Waals surface area contributed by atoms with Crippen molar-refractivity contribution in [3.8, 4) is 0 Å². The largest absolute Gasteiger partial charge is 0.361 e. The van der Waals surface area contributed by atoms with Crippen LogP contribution in [0.2, 0.25) is 0 Å². The first-order valence-electron chi connectivity index (χ1n) is 5.43. The van der Waals surface area contributed by atoms with Crippen LogP contribution in [-0.4, -0.2) is 25.9 Å². The van der Waals surface area contributed by atoms with Crippen LogP contribution in [0.15, 0.2) is 10.6 Å². The van der Waals surface area contributed by atoms with Crippen LogP contribution >= 0.6 is 0 Å². The van der Waals surface area contributed by atoms with Crippen LogP contribution in [0, 0.1) is 6.92 Å². The first-order chi connectivity index (χ1) is 7.53. The monoisotopic (exact) mass is 246 g/mol. The zero-order chi connectivity index (χ0) is 12.0. The van der Waals surface area contributed by atoms with Crippen molar-refractivity contribution >= 4 is 10.0 Å². The van der Waals surface area contributed by atoms with Gasteiger partial charge >= 0.3 is 0 Å². The highest BCUT2D eigenvalue weighted by atomic mass is 32.2. The highest BCUT2D eigenvalue weighted by Crippen LogP contribution is 2.02. The number of aryl methyl sites for hydroxylation is 1. The number of unbranched alkanes of at least 4 members (excludes halogenated alkanes) is 1. The van der Waals surface area contributed by atoms with Gasteiger partial charge in [-0.15, -0.1) is 0 Å². The number of nitrogens with one attached hydrogen (secondary N) is 1. The molecule has 0 spiro atoms. The minimum atomic E-state index is -3.12. The molecular formula is C10H18N2O3S. The second-order valence-electron chi connectivity index (χ2n) is 3.75. The lowest BCUT2D eigenvalue weighted by atomic mass is 10.3. The summed E-state index contributed by atoms with van der Waals surface area (Å²) < 4.78 is 30.4. The fourth-order valence-corrected chi connectivity index (χ4v) is 2.50.